The second-order valence-corrected chi connectivity index (χ2v) is 7.88. The molecule has 1 aromatic rings. The quantitative estimate of drug-likeness (QED) is 0.812. The summed E-state index contributed by atoms with van der Waals surface area (Å²) in [7, 11) is -3.57. The normalized spacial score (nSPS) is 15.0. The Hall–Kier alpha value is -0.980. The first-order chi connectivity index (χ1) is 9.84. The van der Waals surface area contributed by atoms with E-state index in [1.807, 2.05) is 13.8 Å². The molecule has 1 N–H and O–H groups in total. The van der Waals surface area contributed by atoms with Crippen molar-refractivity contribution in [2.24, 2.45) is 5.41 Å². The Morgan fingerprint density at radius 3 is 2.57 bits per heavy atom. The van der Waals surface area contributed by atoms with Gasteiger partial charge in [0.25, 0.3) is 0 Å². The molecule has 2 rings (SSSR count). The maximum atomic E-state index is 12.3. The van der Waals surface area contributed by atoms with Gasteiger partial charge in [-0.15, -0.1) is 11.6 Å². The van der Waals surface area contributed by atoms with Crippen LogP contribution in [-0.4, -0.2) is 34.1 Å². The molecular weight excluding hydrogens is 314 g/mol. The van der Waals surface area contributed by atoms with E-state index in [0.29, 0.717) is 37.1 Å². The van der Waals surface area contributed by atoms with E-state index in [1.54, 1.807) is 6.07 Å². The predicted octanol–water partition coefficient (Wildman–Crippen LogP) is 2.39. The van der Waals surface area contributed by atoms with Gasteiger partial charge in [0, 0.05) is 18.5 Å². The van der Waals surface area contributed by atoms with Crippen molar-refractivity contribution in [1.29, 1.82) is 0 Å². The highest BCUT2D eigenvalue weighted by atomic mass is 35.5. The van der Waals surface area contributed by atoms with E-state index in [0.717, 1.165) is 6.42 Å². The average molecular weight is 334 g/mol. The smallest absolute Gasteiger partial charge is 0.240 e. The van der Waals surface area contributed by atoms with Gasteiger partial charge < -0.3 is 9.47 Å². The van der Waals surface area contributed by atoms with Crippen molar-refractivity contribution >= 4 is 21.6 Å². The van der Waals surface area contributed by atoms with Gasteiger partial charge in [-0.25, -0.2) is 13.1 Å². The lowest BCUT2D eigenvalue weighted by Crippen LogP contribution is -2.34. The van der Waals surface area contributed by atoms with Gasteiger partial charge in [0.2, 0.25) is 10.0 Å². The Morgan fingerprint density at radius 2 is 1.90 bits per heavy atom. The number of ether oxygens (including phenoxy) is 2. The van der Waals surface area contributed by atoms with E-state index < -0.39 is 10.0 Å². The summed E-state index contributed by atoms with van der Waals surface area (Å²) in [5.41, 5.74) is -0.192. The van der Waals surface area contributed by atoms with Crippen LogP contribution in [-0.2, 0) is 10.0 Å². The van der Waals surface area contributed by atoms with Crippen molar-refractivity contribution in [1.82, 2.24) is 4.72 Å². The molecule has 0 bridgehead atoms. The lowest BCUT2D eigenvalue weighted by molar-refractivity contribution is 0.171. The Kier molecular flexibility index (Phi) is 5.01. The number of benzene rings is 1. The molecule has 0 aliphatic carbocycles. The van der Waals surface area contributed by atoms with E-state index in [-0.39, 0.29) is 10.3 Å². The highest BCUT2D eigenvalue weighted by molar-refractivity contribution is 7.89. The molecule has 0 unspecified atom stereocenters. The van der Waals surface area contributed by atoms with Gasteiger partial charge >= 0.3 is 0 Å². The summed E-state index contributed by atoms with van der Waals surface area (Å²) < 4.78 is 38.1. The van der Waals surface area contributed by atoms with Gasteiger partial charge in [-0.3, -0.25) is 0 Å². The third-order valence-electron chi connectivity index (χ3n) is 3.34. The number of alkyl halides is 1. The second kappa shape index (κ2) is 6.42. The molecular formula is C14H20ClNO4S. The number of nitrogens with one attached hydrogen (secondary N) is 1. The fraction of sp³-hybridized carbons (Fsp3) is 0.571. The molecule has 0 spiro atoms. The summed E-state index contributed by atoms with van der Waals surface area (Å²) >= 11 is 5.72. The topological polar surface area (TPSA) is 64.6 Å². The molecule has 0 fully saturated rings. The lowest BCUT2D eigenvalue weighted by Gasteiger charge is -2.24. The molecule has 0 aromatic heterocycles. The zero-order chi connectivity index (χ0) is 15.5. The number of sulfonamides is 1. The molecule has 1 aliphatic rings. The fourth-order valence-corrected chi connectivity index (χ4v) is 3.68. The van der Waals surface area contributed by atoms with Gasteiger partial charge in [0.05, 0.1) is 4.90 Å². The number of rotatable bonds is 6. The third kappa shape index (κ3) is 4.25. The van der Waals surface area contributed by atoms with Crippen molar-refractivity contribution in [3.05, 3.63) is 18.2 Å². The van der Waals surface area contributed by atoms with Crippen LogP contribution in [0.25, 0.3) is 0 Å². The van der Waals surface area contributed by atoms with Crippen LogP contribution in [0, 0.1) is 5.41 Å². The first kappa shape index (κ1) is 16.4. The largest absolute Gasteiger partial charge is 0.486 e. The fourth-order valence-electron chi connectivity index (χ4n) is 1.91. The zero-order valence-electron chi connectivity index (χ0n) is 12.2. The summed E-state index contributed by atoms with van der Waals surface area (Å²) in [5, 5.41) is 0. The van der Waals surface area contributed by atoms with Crippen molar-refractivity contribution in [2.45, 2.75) is 25.2 Å². The van der Waals surface area contributed by atoms with Crippen molar-refractivity contribution < 1.29 is 17.9 Å². The van der Waals surface area contributed by atoms with Crippen LogP contribution < -0.4 is 14.2 Å². The minimum atomic E-state index is -3.57. The number of halogens is 1. The summed E-state index contributed by atoms with van der Waals surface area (Å²) in [4.78, 5) is 0.174. The van der Waals surface area contributed by atoms with E-state index in [4.69, 9.17) is 21.1 Å². The average Bonchev–Trinajstić information content (AvgIpc) is 2.45. The first-order valence-corrected chi connectivity index (χ1v) is 8.81. The summed E-state index contributed by atoms with van der Waals surface area (Å²) in [6.07, 6.45) is 0.734. The molecule has 118 valence electrons. The van der Waals surface area contributed by atoms with Crippen LogP contribution in [0.2, 0.25) is 0 Å². The zero-order valence-corrected chi connectivity index (χ0v) is 13.8. The summed E-state index contributed by atoms with van der Waals surface area (Å²) in [6, 6.07) is 4.63. The highest BCUT2D eigenvalue weighted by Gasteiger charge is 2.23. The summed E-state index contributed by atoms with van der Waals surface area (Å²) in [6.45, 7) is 5.18. The minimum Gasteiger partial charge on any atom is -0.486 e. The molecule has 0 radical (unpaired) electrons. The molecule has 0 saturated heterocycles. The Balaban J connectivity index is 2.12. The van der Waals surface area contributed by atoms with Crippen LogP contribution in [0.1, 0.15) is 20.3 Å². The van der Waals surface area contributed by atoms with E-state index in [1.165, 1.54) is 12.1 Å². The van der Waals surface area contributed by atoms with Crippen LogP contribution in [0.4, 0.5) is 0 Å². The van der Waals surface area contributed by atoms with Crippen molar-refractivity contribution in [2.75, 3.05) is 25.6 Å². The lowest BCUT2D eigenvalue weighted by atomic mass is 9.91. The van der Waals surface area contributed by atoms with E-state index >= 15 is 0 Å². The minimum absolute atomic E-state index is 0.174. The molecule has 5 nitrogen and oxygen atoms in total. The molecule has 1 aromatic carbocycles. The van der Waals surface area contributed by atoms with Crippen LogP contribution >= 0.6 is 11.6 Å². The number of hydrogen-bond donors (Lipinski definition) is 1. The van der Waals surface area contributed by atoms with E-state index in [9.17, 15) is 8.42 Å². The molecule has 0 atom stereocenters. The Labute approximate surface area is 130 Å². The van der Waals surface area contributed by atoms with Crippen molar-refractivity contribution in [3.63, 3.8) is 0 Å². The first-order valence-electron chi connectivity index (χ1n) is 6.79. The van der Waals surface area contributed by atoms with Crippen LogP contribution in [0.3, 0.4) is 0 Å². The molecule has 0 saturated carbocycles. The van der Waals surface area contributed by atoms with Crippen LogP contribution in [0.5, 0.6) is 11.5 Å². The Bertz CT molecular complexity index is 601. The van der Waals surface area contributed by atoms with Gasteiger partial charge in [-0.1, -0.05) is 13.8 Å². The maximum Gasteiger partial charge on any atom is 0.240 e. The van der Waals surface area contributed by atoms with Gasteiger partial charge in [0.1, 0.15) is 13.2 Å². The summed E-state index contributed by atoms with van der Waals surface area (Å²) in [5.74, 6) is 1.53. The monoisotopic (exact) mass is 333 g/mol. The molecule has 1 aliphatic heterocycles. The molecule has 1 heterocycles. The molecule has 0 amide bonds. The number of hydrogen-bond acceptors (Lipinski definition) is 4. The second-order valence-electron chi connectivity index (χ2n) is 5.73. The third-order valence-corrected chi connectivity index (χ3v) is 4.92. The van der Waals surface area contributed by atoms with Crippen molar-refractivity contribution in [3.8, 4) is 11.5 Å². The number of fused-ring (bicyclic) bond motifs is 1. The molecule has 7 heteroatoms. The van der Waals surface area contributed by atoms with Gasteiger partial charge in [0.15, 0.2) is 11.5 Å². The highest BCUT2D eigenvalue weighted by Crippen LogP contribution is 2.32. The van der Waals surface area contributed by atoms with Crippen LogP contribution in [0.15, 0.2) is 23.1 Å². The SMILES string of the molecule is CC(C)(CCCl)CNS(=O)(=O)c1ccc2c(c1)OCCO2. The molecule has 21 heavy (non-hydrogen) atoms. The Morgan fingerprint density at radius 1 is 1.24 bits per heavy atom. The predicted molar refractivity (Wildman–Crippen MR) is 81.7 cm³/mol. The van der Waals surface area contributed by atoms with Gasteiger partial charge in [-0.2, -0.15) is 0 Å². The maximum absolute atomic E-state index is 12.3. The standard InChI is InChI=1S/C14H20ClNO4S/c1-14(2,5-6-15)10-16-21(17,18)11-3-4-12-13(9-11)20-8-7-19-12/h3-4,9,16H,5-8,10H2,1-2H3. The van der Waals surface area contributed by atoms with Gasteiger partial charge in [-0.05, 0) is 24.0 Å². The van der Waals surface area contributed by atoms with E-state index in [2.05, 4.69) is 4.72 Å².